The highest BCUT2D eigenvalue weighted by molar-refractivity contribution is 5.99. The molecule has 0 aliphatic carbocycles. The number of amides is 2. The van der Waals surface area contributed by atoms with Gasteiger partial charge in [-0.25, -0.2) is 9.97 Å². The molecule has 2 aliphatic rings. The number of rotatable bonds is 4. The van der Waals surface area contributed by atoms with Crippen LogP contribution >= 0.6 is 0 Å². The van der Waals surface area contributed by atoms with Crippen molar-refractivity contribution in [2.75, 3.05) is 0 Å². The number of β-lactam (4-membered cyclic amide) rings is 1. The van der Waals surface area contributed by atoms with Gasteiger partial charge in [-0.1, -0.05) is 13.8 Å². The lowest BCUT2D eigenvalue weighted by Gasteiger charge is -2.59. The number of likely N-dealkylation sites (tertiary alicyclic amines) is 2. The SMILES string of the molecule is CC(C)C(=O)N1C(C)CCC12C(=O)N(C(c1ncccn1)C(C)O)C2C. The van der Waals surface area contributed by atoms with Crippen LogP contribution in [0.4, 0.5) is 0 Å². The molecule has 3 heterocycles. The van der Waals surface area contributed by atoms with Crippen LogP contribution in [-0.2, 0) is 9.59 Å². The van der Waals surface area contributed by atoms with Gasteiger partial charge in [0.25, 0.3) is 5.91 Å². The van der Waals surface area contributed by atoms with E-state index in [1.807, 2.05) is 27.7 Å². The molecule has 5 atom stereocenters. The molecular weight excluding hydrogens is 332 g/mol. The maximum Gasteiger partial charge on any atom is 0.251 e. The Labute approximate surface area is 154 Å². The van der Waals surface area contributed by atoms with Crippen LogP contribution < -0.4 is 0 Å². The minimum absolute atomic E-state index is 0.0133. The Morgan fingerprint density at radius 3 is 2.38 bits per heavy atom. The van der Waals surface area contributed by atoms with Gasteiger partial charge in [0.05, 0.1) is 12.1 Å². The Morgan fingerprint density at radius 1 is 1.27 bits per heavy atom. The Bertz CT molecular complexity index is 693. The third-order valence-corrected chi connectivity index (χ3v) is 5.87. The Morgan fingerprint density at radius 2 is 1.88 bits per heavy atom. The maximum absolute atomic E-state index is 13.4. The number of nitrogens with zero attached hydrogens (tertiary/aromatic N) is 4. The molecule has 1 aromatic heterocycles. The summed E-state index contributed by atoms with van der Waals surface area (Å²) in [5.41, 5.74) is -0.803. The normalized spacial score (nSPS) is 30.7. The van der Waals surface area contributed by atoms with Gasteiger partial charge in [0, 0.05) is 24.4 Å². The van der Waals surface area contributed by atoms with E-state index >= 15 is 0 Å². The molecule has 1 N–H and O–H groups in total. The van der Waals surface area contributed by atoms with Gasteiger partial charge in [-0.05, 0) is 39.7 Å². The molecule has 5 unspecified atom stereocenters. The molecule has 0 radical (unpaired) electrons. The van der Waals surface area contributed by atoms with Crippen LogP contribution in [0.1, 0.15) is 59.3 Å². The number of aliphatic hydroxyl groups is 1. The molecule has 0 bridgehead atoms. The van der Waals surface area contributed by atoms with Crippen LogP contribution in [0.25, 0.3) is 0 Å². The van der Waals surface area contributed by atoms with E-state index in [-0.39, 0.29) is 29.8 Å². The number of hydrogen-bond acceptors (Lipinski definition) is 5. The van der Waals surface area contributed by atoms with Crippen LogP contribution in [0, 0.1) is 5.92 Å². The third kappa shape index (κ3) is 2.52. The van der Waals surface area contributed by atoms with Crippen molar-refractivity contribution in [3.05, 3.63) is 24.3 Å². The van der Waals surface area contributed by atoms with Crippen molar-refractivity contribution in [2.45, 2.75) is 77.2 Å². The first-order valence-corrected chi connectivity index (χ1v) is 9.34. The quantitative estimate of drug-likeness (QED) is 0.823. The number of carbonyl (C=O) groups is 2. The van der Waals surface area contributed by atoms with E-state index in [1.54, 1.807) is 35.2 Å². The van der Waals surface area contributed by atoms with Crippen molar-refractivity contribution in [1.29, 1.82) is 0 Å². The monoisotopic (exact) mass is 360 g/mol. The molecule has 1 aromatic rings. The van der Waals surface area contributed by atoms with Gasteiger partial charge in [0.2, 0.25) is 5.91 Å². The molecule has 0 saturated carbocycles. The molecule has 7 heteroatoms. The molecule has 7 nitrogen and oxygen atoms in total. The Balaban J connectivity index is 1.95. The first-order valence-electron chi connectivity index (χ1n) is 9.34. The van der Waals surface area contributed by atoms with E-state index in [0.29, 0.717) is 12.2 Å². The van der Waals surface area contributed by atoms with Gasteiger partial charge >= 0.3 is 0 Å². The summed E-state index contributed by atoms with van der Waals surface area (Å²) in [5.74, 6) is 0.165. The fraction of sp³-hybridized carbons (Fsp3) is 0.684. The fourth-order valence-electron chi connectivity index (χ4n) is 4.53. The molecule has 0 aromatic carbocycles. The second-order valence-corrected chi connectivity index (χ2v) is 7.86. The van der Waals surface area contributed by atoms with Crippen molar-refractivity contribution < 1.29 is 14.7 Å². The van der Waals surface area contributed by atoms with E-state index in [2.05, 4.69) is 9.97 Å². The van der Waals surface area contributed by atoms with Gasteiger partial charge in [0.1, 0.15) is 11.6 Å². The summed E-state index contributed by atoms with van der Waals surface area (Å²) < 4.78 is 0. The number of aliphatic hydroxyl groups excluding tert-OH is 1. The standard InChI is InChI=1S/C19H28N4O3/c1-11(2)17(25)23-12(3)7-8-19(23)14(5)22(18(19)26)15(13(4)24)16-20-9-6-10-21-16/h6,9-15,24H,7-8H2,1-5H3. The zero-order valence-electron chi connectivity index (χ0n) is 16.1. The van der Waals surface area contributed by atoms with Crippen molar-refractivity contribution in [3.63, 3.8) is 0 Å². The van der Waals surface area contributed by atoms with E-state index in [0.717, 1.165) is 6.42 Å². The van der Waals surface area contributed by atoms with Crippen molar-refractivity contribution in [1.82, 2.24) is 19.8 Å². The molecule has 142 valence electrons. The van der Waals surface area contributed by atoms with Crippen LogP contribution in [-0.4, -0.2) is 60.4 Å². The van der Waals surface area contributed by atoms with Crippen LogP contribution in [0.2, 0.25) is 0 Å². The number of carbonyl (C=O) groups excluding carboxylic acids is 2. The van der Waals surface area contributed by atoms with Gasteiger partial charge in [-0.3, -0.25) is 9.59 Å². The predicted molar refractivity (Wildman–Crippen MR) is 95.9 cm³/mol. The largest absolute Gasteiger partial charge is 0.391 e. The molecule has 1 spiro atoms. The van der Waals surface area contributed by atoms with Crippen molar-refractivity contribution in [2.24, 2.45) is 5.92 Å². The third-order valence-electron chi connectivity index (χ3n) is 5.87. The number of hydrogen-bond donors (Lipinski definition) is 1. The van der Waals surface area contributed by atoms with Gasteiger partial charge in [-0.2, -0.15) is 0 Å². The topological polar surface area (TPSA) is 86.6 Å². The zero-order valence-corrected chi connectivity index (χ0v) is 16.1. The summed E-state index contributed by atoms with van der Waals surface area (Å²) in [6, 6.07) is 0.923. The lowest BCUT2D eigenvalue weighted by atomic mass is 9.75. The number of aromatic nitrogens is 2. The van der Waals surface area contributed by atoms with Gasteiger partial charge in [0.15, 0.2) is 5.82 Å². The minimum Gasteiger partial charge on any atom is -0.391 e. The van der Waals surface area contributed by atoms with E-state index in [4.69, 9.17) is 0 Å². The highest BCUT2D eigenvalue weighted by atomic mass is 16.3. The average Bonchev–Trinajstić information content (AvgIpc) is 2.98. The highest BCUT2D eigenvalue weighted by Gasteiger charge is 2.68. The first-order chi connectivity index (χ1) is 12.2. The zero-order chi connectivity index (χ0) is 19.2. The minimum atomic E-state index is -0.811. The Kier molecular flexibility index (Phi) is 4.77. The first kappa shape index (κ1) is 18.8. The highest BCUT2D eigenvalue weighted by Crippen LogP contribution is 2.50. The summed E-state index contributed by atoms with van der Waals surface area (Å²) in [6.07, 6.45) is 3.87. The molecule has 2 amide bonds. The second-order valence-electron chi connectivity index (χ2n) is 7.86. The predicted octanol–water partition coefficient (Wildman–Crippen LogP) is 1.53. The van der Waals surface area contributed by atoms with Gasteiger partial charge in [-0.15, -0.1) is 0 Å². The van der Waals surface area contributed by atoms with Gasteiger partial charge < -0.3 is 14.9 Å². The second kappa shape index (κ2) is 6.61. The molecule has 26 heavy (non-hydrogen) atoms. The Hall–Kier alpha value is -2.02. The molecule has 3 rings (SSSR count). The van der Waals surface area contributed by atoms with E-state index < -0.39 is 17.7 Å². The summed E-state index contributed by atoms with van der Waals surface area (Å²) in [5, 5.41) is 10.3. The summed E-state index contributed by atoms with van der Waals surface area (Å²) in [4.78, 5) is 38.1. The van der Waals surface area contributed by atoms with Crippen molar-refractivity contribution in [3.8, 4) is 0 Å². The van der Waals surface area contributed by atoms with E-state index in [1.165, 1.54) is 0 Å². The fourth-order valence-corrected chi connectivity index (χ4v) is 4.53. The van der Waals surface area contributed by atoms with Crippen LogP contribution in [0.3, 0.4) is 0 Å². The summed E-state index contributed by atoms with van der Waals surface area (Å²) in [6.45, 7) is 9.33. The van der Waals surface area contributed by atoms with Crippen molar-refractivity contribution >= 4 is 11.8 Å². The van der Waals surface area contributed by atoms with E-state index in [9.17, 15) is 14.7 Å². The maximum atomic E-state index is 13.4. The lowest BCUT2D eigenvalue weighted by Crippen LogP contribution is -2.79. The summed E-state index contributed by atoms with van der Waals surface area (Å²) >= 11 is 0. The van der Waals surface area contributed by atoms with Crippen LogP contribution in [0.15, 0.2) is 18.5 Å². The lowest BCUT2D eigenvalue weighted by molar-refractivity contribution is -0.189. The molecule has 2 saturated heterocycles. The van der Waals surface area contributed by atoms with Crippen LogP contribution in [0.5, 0.6) is 0 Å². The smallest absolute Gasteiger partial charge is 0.251 e. The molecule has 2 aliphatic heterocycles. The molecule has 2 fully saturated rings. The average molecular weight is 360 g/mol. The molecular formula is C19H28N4O3. The summed E-state index contributed by atoms with van der Waals surface area (Å²) in [7, 11) is 0.